The van der Waals surface area contributed by atoms with E-state index in [1.165, 1.54) is 38.5 Å². The van der Waals surface area contributed by atoms with Crippen molar-refractivity contribution in [3.05, 3.63) is 12.2 Å². The van der Waals surface area contributed by atoms with E-state index < -0.39 is 0 Å². The first-order chi connectivity index (χ1) is 6.97. The van der Waals surface area contributed by atoms with Crippen molar-refractivity contribution in [1.82, 2.24) is 0 Å². The highest BCUT2D eigenvalue weighted by molar-refractivity contribution is 5.11. The van der Waals surface area contributed by atoms with Crippen molar-refractivity contribution in [2.75, 3.05) is 0 Å². The molecule has 0 heterocycles. The molecule has 0 aromatic heterocycles. The summed E-state index contributed by atoms with van der Waals surface area (Å²) in [6, 6.07) is 0. The van der Waals surface area contributed by atoms with Crippen molar-refractivity contribution in [3.63, 3.8) is 0 Å². The van der Waals surface area contributed by atoms with Crippen LogP contribution < -0.4 is 0 Å². The van der Waals surface area contributed by atoms with Gasteiger partial charge in [0.05, 0.1) is 0 Å². The van der Waals surface area contributed by atoms with Crippen molar-refractivity contribution < 1.29 is 9.59 Å². The van der Waals surface area contributed by atoms with Gasteiger partial charge in [0.25, 0.3) is 0 Å². The van der Waals surface area contributed by atoms with Crippen LogP contribution in [0.15, 0.2) is 12.2 Å². The molecule has 0 spiro atoms. The monoisotopic (exact) mass is 196 g/mol. The molecule has 14 heavy (non-hydrogen) atoms. The average Bonchev–Trinajstić information content (AvgIpc) is 2.34. The largest absolute Gasteiger partial charge is 0.307 e. The Morgan fingerprint density at radius 2 is 1.14 bits per heavy atom. The average molecular weight is 196 g/mol. The van der Waals surface area contributed by atoms with Gasteiger partial charge in [-0.3, -0.25) is 0 Å². The molecule has 1 saturated carbocycles. The second-order valence-corrected chi connectivity index (χ2v) is 3.75. The number of carbonyl (C=O) groups is 2. The maximum atomic E-state index is 8.00. The lowest BCUT2D eigenvalue weighted by molar-refractivity contribution is -0.0987. The predicted octanol–water partition coefficient (Wildman–Crippen LogP) is 2.77. The number of hydrogen-bond donors (Lipinski definition) is 0. The van der Waals surface area contributed by atoms with Gasteiger partial charge >= 0.3 is 0 Å². The first kappa shape index (κ1) is 13.1. The third kappa shape index (κ3) is 3.86. The third-order valence-corrected chi connectivity index (χ3v) is 3.11. The molecule has 2 aliphatic rings. The Hall–Kier alpha value is -0.920. The third-order valence-electron chi connectivity index (χ3n) is 3.11. The minimum absolute atomic E-state index is 1.07. The minimum atomic E-state index is 1.07. The Kier molecular flexibility index (Phi) is 8.10. The van der Waals surface area contributed by atoms with Crippen molar-refractivity contribution >= 4 is 13.6 Å². The highest BCUT2D eigenvalue weighted by Crippen LogP contribution is 2.37. The van der Waals surface area contributed by atoms with Gasteiger partial charge in [-0.25, -0.2) is 0 Å². The van der Waals surface area contributed by atoms with Gasteiger partial charge in [-0.05, 0) is 37.5 Å². The highest BCUT2D eigenvalue weighted by atomic mass is 16.1. The molecule has 2 atom stereocenters. The van der Waals surface area contributed by atoms with E-state index in [1.807, 2.05) is 13.6 Å². The van der Waals surface area contributed by atoms with Crippen LogP contribution in [0.25, 0.3) is 0 Å². The molecule has 2 rings (SSSR count). The molecule has 0 aromatic carbocycles. The van der Waals surface area contributed by atoms with E-state index in [1.54, 1.807) is 0 Å². The fraction of sp³-hybridized carbons (Fsp3) is 0.667. The second kappa shape index (κ2) is 8.67. The Bertz CT molecular complexity index is 148. The molecule has 0 radical (unpaired) electrons. The van der Waals surface area contributed by atoms with E-state index in [4.69, 9.17) is 9.59 Å². The quantitative estimate of drug-likeness (QED) is 0.558. The summed E-state index contributed by atoms with van der Waals surface area (Å²) < 4.78 is 0. The van der Waals surface area contributed by atoms with Crippen molar-refractivity contribution in [3.8, 4) is 0 Å². The van der Waals surface area contributed by atoms with E-state index in [0.29, 0.717) is 0 Å². The molecule has 0 saturated heterocycles. The van der Waals surface area contributed by atoms with Gasteiger partial charge in [-0.1, -0.05) is 25.0 Å². The molecule has 2 aliphatic carbocycles. The number of carbonyl (C=O) groups excluding carboxylic acids is 2. The van der Waals surface area contributed by atoms with Crippen LogP contribution in [-0.2, 0) is 9.59 Å². The van der Waals surface area contributed by atoms with Gasteiger partial charge in [0.2, 0.25) is 0 Å². The molecule has 2 unspecified atom stereocenters. The molecule has 80 valence electrons. The molecule has 0 aliphatic heterocycles. The molecule has 1 fully saturated rings. The fourth-order valence-corrected chi connectivity index (χ4v) is 2.45. The summed E-state index contributed by atoms with van der Waals surface area (Å²) >= 11 is 0. The molecule has 0 amide bonds. The lowest BCUT2D eigenvalue weighted by Crippen LogP contribution is -2.20. The van der Waals surface area contributed by atoms with Gasteiger partial charge in [0.1, 0.15) is 13.6 Å². The minimum Gasteiger partial charge on any atom is -0.307 e. The van der Waals surface area contributed by atoms with Crippen molar-refractivity contribution in [2.45, 2.75) is 38.5 Å². The van der Waals surface area contributed by atoms with Gasteiger partial charge in [-0.15, -0.1) is 0 Å². The summed E-state index contributed by atoms with van der Waals surface area (Å²) in [6.07, 6.45) is 13.5. The van der Waals surface area contributed by atoms with Gasteiger partial charge in [-0.2, -0.15) is 0 Å². The van der Waals surface area contributed by atoms with E-state index in [9.17, 15) is 0 Å². The summed E-state index contributed by atoms with van der Waals surface area (Å²) in [6.45, 7) is 4.00. The topological polar surface area (TPSA) is 34.1 Å². The summed E-state index contributed by atoms with van der Waals surface area (Å²) in [5.41, 5.74) is 0. The Labute approximate surface area is 86.4 Å². The molecule has 0 N–H and O–H groups in total. The summed E-state index contributed by atoms with van der Waals surface area (Å²) in [5, 5.41) is 0. The Balaban J connectivity index is 0.000000379. The second-order valence-electron chi connectivity index (χ2n) is 3.75. The van der Waals surface area contributed by atoms with E-state index in [-0.39, 0.29) is 0 Å². The van der Waals surface area contributed by atoms with E-state index >= 15 is 0 Å². The van der Waals surface area contributed by atoms with E-state index in [0.717, 1.165) is 11.8 Å². The SMILES string of the molecule is C1=CCC2CCCCC2C1.C=O.C=O. The maximum Gasteiger partial charge on any atom is 0.106 e. The zero-order chi connectivity index (χ0) is 10.8. The van der Waals surface area contributed by atoms with Gasteiger partial charge in [0.15, 0.2) is 0 Å². The lowest BCUT2D eigenvalue weighted by atomic mass is 9.73. The van der Waals surface area contributed by atoms with Crippen LogP contribution in [0.5, 0.6) is 0 Å². The highest BCUT2D eigenvalue weighted by Gasteiger charge is 2.24. The predicted molar refractivity (Wildman–Crippen MR) is 58.1 cm³/mol. The van der Waals surface area contributed by atoms with Crippen molar-refractivity contribution in [2.24, 2.45) is 11.8 Å². The van der Waals surface area contributed by atoms with Crippen LogP contribution in [0.4, 0.5) is 0 Å². The van der Waals surface area contributed by atoms with Crippen LogP contribution in [0.1, 0.15) is 38.5 Å². The molecule has 2 nitrogen and oxygen atoms in total. The summed E-state index contributed by atoms with van der Waals surface area (Å²) in [5.74, 6) is 2.14. The van der Waals surface area contributed by atoms with Crippen LogP contribution >= 0.6 is 0 Å². The smallest absolute Gasteiger partial charge is 0.106 e. The van der Waals surface area contributed by atoms with Crippen LogP contribution in [0.3, 0.4) is 0 Å². The number of hydrogen-bond acceptors (Lipinski definition) is 2. The molecular formula is C12H20O2. The molecular weight excluding hydrogens is 176 g/mol. The van der Waals surface area contributed by atoms with Crippen LogP contribution in [0.2, 0.25) is 0 Å². The first-order valence-electron chi connectivity index (χ1n) is 5.19. The summed E-state index contributed by atoms with van der Waals surface area (Å²) in [7, 11) is 0. The fourth-order valence-electron chi connectivity index (χ4n) is 2.45. The number of allylic oxidation sites excluding steroid dienone is 2. The molecule has 0 bridgehead atoms. The zero-order valence-electron chi connectivity index (χ0n) is 8.78. The van der Waals surface area contributed by atoms with Crippen molar-refractivity contribution in [1.29, 1.82) is 0 Å². The van der Waals surface area contributed by atoms with Gasteiger partial charge in [0, 0.05) is 0 Å². The molecule has 0 aromatic rings. The number of rotatable bonds is 0. The standard InChI is InChI=1S/C10H16.2CH2O/c1-2-6-10-8-4-3-7-9(10)5-1;2*1-2/h1-2,9-10H,3-8H2;2*1H2. The maximum absolute atomic E-state index is 8.00. The van der Waals surface area contributed by atoms with E-state index in [2.05, 4.69) is 12.2 Å². The summed E-state index contributed by atoms with van der Waals surface area (Å²) in [4.78, 5) is 16.0. The lowest BCUT2D eigenvalue weighted by Gasteiger charge is -2.32. The Morgan fingerprint density at radius 3 is 1.50 bits per heavy atom. The zero-order valence-corrected chi connectivity index (χ0v) is 8.78. The Morgan fingerprint density at radius 1 is 0.786 bits per heavy atom. The normalized spacial score (nSPS) is 28.6. The first-order valence-corrected chi connectivity index (χ1v) is 5.19. The van der Waals surface area contributed by atoms with Crippen LogP contribution in [-0.4, -0.2) is 13.6 Å². The molecule has 2 heteroatoms. The van der Waals surface area contributed by atoms with Gasteiger partial charge < -0.3 is 9.59 Å². The number of fused-ring (bicyclic) bond motifs is 1. The van der Waals surface area contributed by atoms with Crippen LogP contribution in [0, 0.1) is 11.8 Å².